The molecule has 2 aromatic heterocycles. The Hall–Kier alpha value is -3.26. The van der Waals surface area contributed by atoms with Crippen molar-refractivity contribution in [3.63, 3.8) is 0 Å². The number of hydrogen-bond acceptors (Lipinski definition) is 7. The highest BCUT2D eigenvalue weighted by Crippen LogP contribution is 2.30. The van der Waals surface area contributed by atoms with E-state index in [1.807, 2.05) is 30.3 Å². The van der Waals surface area contributed by atoms with Gasteiger partial charge in [-0.1, -0.05) is 24.3 Å². The van der Waals surface area contributed by atoms with Gasteiger partial charge in [0, 0.05) is 18.5 Å². The highest BCUT2D eigenvalue weighted by atomic mass is 16.5. The van der Waals surface area contributed by atoms with Crippen molar-refractivity contribution in [1.82, 2.24) is 15.0 Å². The SMILES string of the molecule is Nc1ncc(-c2nc(N3CCOCC3)cc3ccccc23)nc1C(=O)O. The molecule has 1 saturated heterocycles. The molecule has 0 bridgehead atoms. The second-order valence-corrected chi connectivity index (χ2v) is 5.94. The fourth-order valence-electron chi connectivity index (χ4n) is 3.00. The van der Waals surface area contributed by atoms with Crippen LogP contribution in [0.25, 0.3) is 22.2 Å². The Kier molecular flexibility index (Phi) is 4.10. The van der Waals surface area contributed by atoms with Gasteiger partial charge in [0.1, 0.15) is 17.2 Å². The topological polar surface area (TPSA) is 114 Å². The number of anilines is 2. The quantitative estimate of drug-likeness (QED) is 0.734. The van der Waals surface area contributed by atoms with Crippen LogP contribution in [0, 0.1) is 0 Å². The number of fused-ring (bicyclic) bond motifs is 1. The first-order chi connectivity index (χ1) is 12.6. The van der Waals surface area contributed by atoms with Crippen molar-refractivity contribution < 1.29 is 14.6 Å². The third kappa shape index (κ3) is 2.91. The Labute approximate surface area is 149 Å². The van der Waals surface area contributed by atoms with Crippen LogP contribution >= 0.6 is 0 Å². The number of hydrogen-bond donors (Lipinski definition) is 2. The number of carboxylic acids is 1. The molecule has 0 radical (unpaired) electrons. The number of aromatic nitrogens is 3. The van der Waals surface area contributed by atoms with Crippen molar-refractivity contribution in [3.05, 3.63) is 42.2 Å². The average Bonchev–Trinajstić information content (AvgIpc) is 2.68. The van der Waals surface area contributed by atoms with Gasteiger partial charge in [-0.05, 0) is 11.5 Å². The number of nitrogens with zero attached hydrogens (tertiary/aromatic N) is 4. The Morgan fingerprint density at radius 1 is 1.19 bits per heavy atom. The standard InChI is InChI=1S/C18H17N5O3/c19-17-16(18(24)25)21-13(10-20-17)15-12-4-2-1-3-11(12)9-14(22-15)23-5-7-26-8-6-23/h1-4,9-10H,5-8H2,(H2,19,20)(H,24,25). The number of carboxylic acid groups (broad SMARTS) is 1. The molecule has 26 heavy (non-hydrogen) atoms. The molecule has 3 heterocycles. The van der Waals surface area contributed by atoms with Crippen LogP contribution in [-0.2, 0) is 4.74 Å². The van der Waals surface area contributed by atoms with Crippen molar-refractivity contribution in [3.8, 4) is 11.4 Å². The van der Waals surface area contributed by atoms with E-state index >= 15 is 0 Å². The fourth-order valence-corrected chi connectivity index (χ4v) is 3.00. The van der Waals surface area contributed by atoms with E-state index in [9.17, 15) is 9.90 Å². The van der Waals surface area contributed by atoms with E-state index in [1.165, 1.54) is 6.20 Å². The summed E-state index contributed by atoms with van der Waals surface area (Å²) >= 11 is 0. The monoisotopic (exact) mass is 351 g/mol. The highest BCUT2D eigenvalue weighted by Gasteiger charge is 2.19. The van der Waals surface area contributed by atoms with E-state index in [2.05, 4.69) is 14.9 Å². The van der Waals surface area contributed by atoms with Crippen molar-refractivity contribution in [2.45, 2.75) is 0 Å². The first kappa shape index (κ1) is 16.2. The molecule has 8 nitrogen and oxygen atoms in total. The normalized spacial score (nSPS) is 14.5. The van der Waals surface area contributed by atoms with Gasteiger partial charge in [-0.2, -0.15) is 0 Å². The molecule has 0 spiro atoms. The lowest BCUT2D eigenvalue weighted by atomic mass is 10.1. The predicted molar refractivity (Wildman–Crippen MR) is 97.2 cm³/mol. The van der Waals surface area contributed by atoms with Crippen LogP contribution in [0.1, 0.15) is 10.5 Å². The molecular formula is C18H17N5O3. The Morgan fingerprint density at radius 3 is 2.73 bits per heavy atom. The summed E-state index contributed by atoms with van der Waals surface area (Å²) in [6.07, 6.45) is 1.46. The highest BCUT2D eigenvalue weighted by molar-refractivity contribution is 5.97. The molecular weight excluding hydrogens is 334 g/mol. The van der Waals surface area contributed by atoms with Crippen molar-refractivity contribution in [2.75, 3.05) is 36.9 Å². The lowest BCUT2D eigenvalue weighted by Gasteiger charge is -2.28. The van der Waals surface area contributed by atoms with E-state index in [0.29, 0.717) is 24.6 Å². The van der Waals surface area contributed by atoms with Gasteiger partial charge in [0.15, 0.2) is 11.5 Å². The van der Waals surface area contributed by atoms with Crippen LogP contribution in [0.15, 0.2) is 36.5 Å². The first-order valence-electron chi connectivity index (χ1n) is 8.22. The lowest BCUT2D eigenvalue weighted by molar-refractivity contribution is 0.0691. The molecule has 0 saturated carbocycles. The Bertz CT molecular complexity index is 986. The minimum atomic E-state index is -1.22. The Balaban J connectivity index is 1.90. The molecule has 1 aromatic carbocycles. The number of ether oxygens (including phenoxy) is 1. The van der Waals surface area contributed by atoms with Crippen molar-refractivity contribution >= 4 is 28.4 Å². The minimum Gasteiger partial charge on any atom is -0.476 e. The van der Waals surface area contributed by atoms with Gasteiger partial charge in [-0.25, -0.2) is 19.7 Å². The van der Waals surface area contributed by atoms with E-state index in [0.717, 1.165) is 29.7 Å². The number of aromatic carboxylic acids is 1. The second kappa shape index (κ2) is 6.57. The summed E-state index contributed by atoms with van der Waals surface area (Å²) in [7, 11) is 0. The van der Waals surface area contributed by atoms with Gasteiger partial charge in [-0.15, -0.1) is 0 Å². The molecule has 1 fully saturated rings. The molecule has 1 aliphatic heterocycles. The molecule has 4 rings (SSSR count). The van der Waals surface area contributed by atoms with Gasteiger partial charge < -0.3 is 20.5 Å². The predicted octanol–water partition coefficient (Wildman–Crippen LogP) is 1.81. The summed E-state index contributed by atoms with van der Waals surface area (Å²) < 4.78 is 5.41. The van der Waals surface area contributed by atoms with Crippen LogP contribution in [0.3, 0.4) is 0 Å². The summed E-state index contributed by atoms with van der Waals surface area (Å²) in [6.45, 7) is 2.79. The van der Waals surface area contributed by atoms with E-state index < -0.39 is 5.97 Å². The third-order valence-corrected chi connectivity index (χ3v) is 4.31. The van der Waals surface area contributed by atoms with Gasteiger partial charge in [0.2, 0.25) is 0 Å². The zero-order valence-corrected chi connectivity index (χ0v) is 13.9. The number of nitrogens with two attached hydrogens (primary N) is 1. The number of nitrogen functional groups attached to an aromatic ring is 1. The van der Waals surface area contributed by atoms with Crippen molar-refractivity contribution in [2.24, 2.45) is 0 Å². The van der Waals surface area contributed by atoms with Gasteiger partial charge in [0.05, 0.1) is 19.4 Å². The molecule has 0 amide bonds. The molecule has 0 unspecified atom stereocenters. The van der Waals surface area contributed by atoms with Gasteiger partial charge in [0.25, 0.3) is 0 Å². The fraction of sp³-hybridized carbons (Fsp3) is 0.222. The lowest BCUT2D eigenvalue weighted by Crippen LogP contribution is -2.36. The second-order valence-electron chi connectivity index (χ2n) is 5.94. The van der Waals surface area contributed by atoms with Crippen LogP contribution in [0.5, 0.6) is 0 Å². The summed E-state index contributed by atoms with van der Waals surface area (Å²) in [5, 5.41) is 11.2. The largest absolute Gasteiger partial charge is 0.476 e. The molecule has 3 aromatic rings. The maximum absolute atomic E-state index is 11.4. The maximum Gasteiger partial charge on any atom is 0.358 e. The van der Waals surface area contributed by atoms with Crippen LogP contribution < -0.4 is 10.6 Å². The molecule has 132 valence electrons. The number of morpholine rings is 1. The minimum absolute atomic E-state index is 0.116. The van der Waals surface area contributed by atoms with E-state index in [1.54, 1.807) is 0 Å². The summed E-state index contributed by atoms with van der Waals surface area (Å²) in [4.78, 5) is 26.4. The van der Waals surface area contributed by atoms with Crippen LogP contribution in [-0.4, -0.2) is 52.3 Å². The van der Waals surface area contributed by atoms with Gasteiger partial charge in [-0.3, -0.25) is 0 Å². The molecule has 3 N–H and O–H groups in total. The maximum atomic E-state index is 11.4. The first-order valence-corrected chi connectivity index (χ1v) is 8.22. The summed E-state index contributed by atoms with van der Waals surface area (Å²) in [5.41, 5.74) is 6.32. The number of pyridine rings is 1. The number of carbonyl (C=O) groups is 1. The third-order valence-electron chi connectivity index (χ3n) is 4.31. The molecule has 0 atom stereocenters. The summed E-state index contributed by atoms with van der Waals surface area (Å²) in [6, 6.07) is 9.80. The smallest absolute Gasteiger partial charge is 0.358 e. The summed E-state index contributed by atoms with van der Waals surface area (Å²) in [5.74, 6) is -0.530. The van der Waals surface area contributed by atoms with Crippen LogP contribution in [0.2, 0.25) is 0 Å². The molecule has 1 aliphatic rings. The zero-order valence-electron chi connectivity index (χ0n) is 13.9. The van der Waals surface area contributed by atoms with Crippen LogP contribution in [0.4, 0.5) is 11.6 Å². The van der Waals surface area contributed by atoms with Gasteiger partial charge >= 0.3 is 5.97 Å². The average molecular weight is 351 g/mol. The molecule has 0 aliphatic carbocycles. The Morgan fingerprint density at radius 2 is 1.96 bits per heavy atom. The number of benzene rings is 1. The number of rotatable bonds is 3. The zero-order chi connectivity index (χ0) is 18.1. The molecule has 8 heteroatoms. The van der Waals surface area contributed by atoms with E-state index in [-0.39, 0.29) is 11.5 Å². The van der Waals surface area contributed by atoms with E-state index in [4.69, 9.17) is 15.5 Å². The van der Waals surface area contributed by atoms with Crippen molar-refractivity contribution in [1.29, 1.82) is 0 Å².